The number of rotatable bonds is 5. The fourth-order valence-electron chi connectivity index (χ4n) is 4.13. The van der Waals surface area contributed by atoms with Gasteiger partial charge in [0.25, 0.3) is 0 Å². The first-order chi connectivity index (χ1) is 13.1. The fourth-order valence-corrected chi connectivity index (χ4v) is 4.13. The Hall–Kier alpha value is -2.11. The van der Waals surface area contributed by atoms with E-state index in [2.05, 4.69) is 5.32 Å². The number of carbonyl (C=O) groups excluding carboxylic acids is 2. The van der Waals surface area contributed by atoms with Crippen molar-refractivity contribution in [2.45, 2.75) is 39.0 Å². The van der Waals surface area contributed by atoms with Crippen LogP contribution >= 0.6 is 0 Å². The van der Waals surface area contributed by atoms with Crippen molar-refractivity contribution >= 4 is 17.5 Å². The molecule has 1 aromatic carbocycles. The van der Waals surface area contributed by atoms with Crippen LogP contribution in [0.5, 0.6) is 0 Å². The van der Waals surface area contributed by atoms with Gasteiger partial charge in [0.05, 0.1) is 5.69 Å². The molecule has 0 radical (unpaired) electrons. The van der Waals surface area contributed by atoms with E-state index < -0.39 is 0 Å². The molecular formula is C21H30FN3O2. The molecule has 3 rings (SSSR count). The molecule has 0 unspecified atom stereocenters. The lowest BCUT2D eigenvalue weighted by molar-refractivity contribution is -0.138. The monoisotopic (exact) mass is 375 g/mol. The van der Waals surface area contributed by atoms with Gasteiger partial charge in [0, 0.05) is 44.6 Å². The lowest BCUT2D eigenvalue weighted by Gasteiger charge is -2.38. The second kappa shape index (κ2) is 9.20. The van der Waals surface area contributed by atoms with Gasteiger partial charge >= 0.3 is 0 Å². The number of hydrogen-bond acceptors (Lipinski definition) is 3. The molecule has 27 heavy (non-hydrogen) atoms. The molecule has 5 nitrogen and oxygen atoms in total. The molecule has 1 N–H and O–H groups in total. The summed E-state index contributed by atoms with van der Waals surface area (Å²) in [6.07, 6.45) is 4.11. The van der Waals surface area contributed by atoms with Gasteiger partial charge in [-0.15, -0.1) is 0 Å². The molecule has 1 aliphatic heterocycles. The minimum atomic E-state index is -0.211. The Bertz CT molecular complexity index is 651. The van der Waals surface area contributed by atoms with E-state index in [9.17, 15) is 14.0 Å². The van der Waals surface area contributed by atoms with Crippen LogP contribution in [0.3, 0.4) is 0 Å². The number of nitrogens with zero attached hydrogens (tertiary/aromatic N) is 2. The van der Waals surface area contributed by atoms with Gasteiger partial charge in [-0.2, -0.15) is 0 Å². The zero-order chi connectivity index (χ0) is 19.2. The lowest BCUT2D eigenvalue weighted by Crippen LogP contribution is -2.51. The molecule has 1 aliphatic carbocycles. The summed E-state index contributed by atoms with van der Waals surface area (Å²) in [6, 6.07) is 6.79. The van der Waals surface area contributed by atoms with Gasteiger partial charge in [-0.05, 0) is 44.2 Å². The number of para-hydroxylation sites is 1. The largest absolute Gasteiger partial charge is 0.366 e. The molecule has 1 saturated carbocycles. The Morgan fingerprint density at radius 3 is 2.30 bits per heavy atom. The summed E-state index contributed by atoms with van der Waals surface area (Å²) in [7, 11) is 0. The summed E-state index contributed by atoms with van der Waals surface area (Å²) < 4.78 is 13.9. The number of hydrogen-bond donors (Lipinski definition) is 1. The Morgan fingerprint density at radius 2 is 1.67 bits per heavy atom. The van der Waals surface area contributed by atoms with Crippen LogP contribution in [0.2, 0.25) is 0 Å². The van der Waals surface area contributed by atoms with E-state index in [1.807, 2.05) is 22.8 Å². The van der Waals surface area contributed by atoms with E-state index in [4.69, 9.17) is 0 Å². The number of nitrogens with one attached hydrogen (secondary N) is 1. The van der Waals surface area contributed by atoms with Crippen LogP contribution in [0.1, 0.15) is 39.0 Å². The van der Waals surface area contributed by atoms with Gasteiger partial charge in [0.15, 0.2) is 0 Å². The highest BCUT2D eigenvalue weighted by molar-refractivity contribution is 5.81. The van der Waals surface area contributed by atoms with Crippen LogP contribution in [-0.2, 0) is 9.59 Å². The number of amides is 2. The smallest absolute Gasteiger partial charge is 0.225 e. The molecular weight excluding hydrogens is 345 g/mol. The molecule has 1 heterocycles. The van der Waals surface area contributed by atoms with Crippen molar-refractivity contribution < 1.29 is 14.0 Å². The minimum Gasteiger partial charge on any atom is -0.366 e. The number of halogens is 1. The maximum absolute atomic E-state index is 13.9. The Kier molecular flexibility index (Phi) is 6.69. The highest BCUT2D eigenvalue weighted by Crippen LogP contribution is 2.31. The van der Waals surface area contributed by atoms with Crippen LogP contribution in [0.25, 0.3) is 0 Å². The number of anilines is 1. The maximum atomic E-state index is 13.9. The highest BCUT2D eigenvalue weighted by atomic mass is 19.1. The SMILES string of the molecule is CCCNC(=O)C1CCC(C(=O)N2CCN(c3ccccc3F)CC2)CC1. The molecule has 0 atom stereocenters. The van der Waals surface area contributed by atoms with Crippen molar-refractivity contribution in [3.8, 4) is 0 Å². The first-order valence-electron chi connectivity index (χ1n) is 10.2. The van der Waals surface area contributed by atoms with E-state index in [-0.39, 0.29) is 29.5 Å². The van der Waals surface area contributed by atoms with E-state index in [1.54, 1.807) is 12.1 Å². The predicted octanol–water partition coefficient (Wildman–Crippen LogP) is 2.81. The molecule has 6 heteroatoms. The van der Waals surface area contributed by atoms with Gasteiger partial charge in [-0.3, -0.25) is 9.59 Å². The van der Waals surface area contributed by atoms with Gasteiger partial charge in [0.2, 0.25) is 11.8 Å². The summed E-state index contributed by atoms with van der Waals surface area (Å²) in [5.74, 6) is 0.215. The van der Waals surface area contributed by atoms with E-state index in [0.717, 1.165) is 38.6 Å². The molecule has 148 valence electrons. The molecule has 0 aromatic heterocycles. The molecule has 1 saturated heterocycles. The third-order valence-electron chi connectivity index (χ3n) is 5.78. The van der Waals surface area contributed by atoms with Gasteiger partial charge in [0.1, 0.15) is 5.82 Å². The number of piperazine rings is 1. The molecule has 2 amide bonds. The lowest BCUT2D eigenvalue weighted by atomic mass is 9.81. The van der Waals surface area contributed by atoms with Gasteiger partial charge in [-0.25, -0.2) is 4.39 Å². The van der Waals surface area contributed by atoms with Crippen LogP contribution in [0.4, 0.5) is 10.1 Å². The first kappa shape index (κ1) is 19.6. The van der Waals surface area contributed by atoms with E-state index in [0.29, 0.717) is 31.9 Å². The summed E-state index contributed by atoms with van der Waals surface area (Å²) in [6.45, 7) is 5.34. The Balaban J connectivity index is 1.46. The minimum absolute atomic E-state index is 0.0280. The van der Waals surface area contributed by atoms with E-state index >= 15 is 0 Å². The van der Waals surface area contributed by atoms with Crippen molar-refractivity contribution in [2.75, 3.05) is 37.6 Å². The third kappa shape index (κ3) is 4.79. The zero-order valence-electron chi connectivity index (χ0n) is 16.1. The van der Waals surface area contributed by atoms with Crippen LogP contribution in [0.15, 0.2) is 24.3 Å². The average Bonchev–Trinajstić information content (AvgIpc) is 2.72. The second-order valence-corrected chi connectivity index (χ2v) is 7.60. The quantitative estimate of drug-likeness (QED) is 0.861. The molecule has 0 bridgehead atoms. The average molecular weight is 375 g/mol. The van der Waals surface area contributed by atoms with Crippen LogP contribution in [0, 0.1) is 17.7 Å². The first-order valence-corrected chi connectivity index (χ1v) is 10.2. The van der Waals surface area contributed by atoms with Crippen LogP contribution < -0.4 is 10.2 Å². The summed E-state index contributed by atoms with van der Waals surface area (Å²) >= 11 is 0. The fraction of sp³-hybridized carbons (Fsp3) is 0.619. The molecule has 0 spiro atoms. The van der Waals surface area contributed by atoms with Crippen molar-refractivity contribution in [3.63, 3.8) is 0 Å². The van der Waals surface area contributed by atoms with Crippen LogP contribution in [-0.4, -0.2) is 49.4 Å². The van der Waals surface area contributed by atoms with Crippen molar-refractivity contribution in [1.29, 1.82) is 0 Å². The second-order valence-electron chi connectivity index (χ2n) is 7.60. The number of carbonyl (C=O) groups is 2. The Morgan fingerprint density at radius 1 is 1.04 bits per heavy atom. The molecule has 1 aromatic rings. The standard InChI is InChI=1S/C21H30FN3O2/c1-2-11-23-20(26)16-7-9-17(10-8-16)21(27)25-14-12-24(13-15-25)19-6-4-3-5-18(19)22/h3-6,16-17H,2,7-15H2,1H3,(H,23,26). The normalized spacial score (nSPS) is 23.2. The maximum Gasteiger partial charge on any atom is 0.225 e. The van der Waals surface area contributed by atoms with E-state index in [1.165, 1.54) is 6.07 Å². The van der Waals surface area contributed by atoms with Gasteiger partial charge in [-0.1, -0.05) is 19.1 Å². The van der Waals surface area contributed by atoms with Crippen molar-refractivity contribution in [1.82, 2.24) is 10.2 Å². The third-order valence-corrected chi connectivity index (χ3v) is 5.78. The molecule has 2 aliphatic rings. The van der Waals surface area contributed by atoms with Crippen molar-refractivity contribution in [3.05, 3.63) is 30.1 Å². The molecule has 2 fully saturated rings. The summed E-state index contributed by atoms with van der Waals surface area (Å²) in [4.78, 5) is 28.9. The topological polar surface area (TPSA) is 52.7 Å². The zero-order valence-corrected chi connectivity index (χ0v) is 16.1. The predicted molar refractivity (Wildman–Crippen MR) is 104 cm³/mol. The summed E-state index contributed by atoms with van der Waals surface area (Å²) in [5, 5.41) is 2.96. The van der Waals surface area contributed by atoms with Crippen molar-refractivity contribution in [2.24, 2.45) is 11.8 Å². The Labute approximate surface area is 160 Å². The number of benzene rings is 1. The van der Waals surface area contributed by atoms with Gasteiger partial charge < -0.3 is 15.1 Å². The highest BCUT2D eigenvalue weighted by Gasteiger charge is 2.33. The summed E-state index contributed by atoms with van der Waals surface area (Å²) in [5.41, 5.74) is 0.614.